The molecule has 1 saturated carbocycles. The lowest BCUT2D eigenvalue weighted by Crippen LogP contribution is -2.66. The Kier molecular flexibility index (Phi) is 4.92. The first kappa shape index (κ1) is 23.0. The molecule has 1 aromatic heterocycles. The summed E-state index contributed by atoms with van der Waals surface area (Å²) >= 11 is 7.76. The molecule has 3 amide bonds. The van der Waals surface area contributed by atoms with Gasteiger partial charge in [0.1, 0.15) is 5.25 Å². The number of urea groups is 1. The smallest absolute Gasteiger partial charge is 0.329 e. The minimum atomic E-state index is -2.55. The van der Waals surface area contributed by atoms with Gasteiger partial charge in [0, 0.05) is 69.5 Å². The number of carbonyl (C=O) groups is 2. The predicted octanol–water partition coefficient (Wildman–Crippen LogP) is 5.71. The highest BCUT2D eigenvalue weighted by Crippen LogP contribution is 2.57. The third-order valence-electron chi connectivity index (χ3n) is 7.66. The van der Waals surface area contributed by atoms with Crippen molar-refractivity contribution in [1.29, 1.82) is 0 Å². The number of anilines is 2. The summed E-state index contributed by atoms with van der Waals surface area (Å²) in [5.74, 6) is -2.87. The van der Waals surface area contributed by atoms with E-state index in [0.29, 0.717) is 29.2 Å². The number of thioether (sulfide) groups is 1. The van der Waals surface area contributed by atoms with Crippen molar-refractivity contribution in [2.24, 2.45) is 5.41 Å². The zero-order chi connectivity index (χ0) is 25.5. The van der Waals surface area contributed by atoms with Crippen LogP contribution in [-0.4, -0.2) is 47.2 Å². The molecular weight excluding hydrogens is 518 g/mol. The minimum absolute atomic E-state index is 0.0634. The first-order chi connectivity index (χ1) is 17.7. The lowest BCUT2D eigenvalue weighted by Gasteiger charge is -2.59. The standard InChI is InChI=1S/C27H21ClF2N4O2S/c28-19-4-2-1-3-17(19)22-8-20-23(37-22)24(35)34(25(36)32-20)21-10-31-9-15-5-6-16(7-18(15)21)33-13-26(14-33)11-27(29,30)12-26/h1-10,20,23H,11-14H2,(H,32,36). The van der Waals surface area contributed by atoms with Crippen LogP contribution in [0.25, 0.3) is 15.7 Å². The highest BCUT2D eigenvalue weighted by Gasteiger charge is 2.61. The summed E-state index contributed by atoms with van der Waals surface area (Å²) in [5, 5.41) is 4.49. The molecule has 3 fully saturated rings. The highest BCUT2D eigenvalue weighted by molar-refractivity contribution is 8.09. The van der Waals surface area contributed by atoms with Crippen molar-refractivity contribution in [1.82, 2.24) is 10.3 Å². The molecule has 0 bridgehead atoms. The molecule has 1 spiro atoms. The van der Waals surface area contributed by atoms with E-state index in [9.17, 15) is 18.4 Å². The van der Waals surface area contributed by atoms with E-state index < -0.39 is 23.2 Å². The number of benzene rings is 2. The lowest BCUT2D eigenvalue weighted by atomic mass is 9.61. The van der Waals surface area contributed by atoms with E-state index in [1.165, 1.54) is 22.9 Å². The number of amides is 3. The van der Waals surface area contributed by atoms with E-state index >= 15 is 0 Å². The molecular formula is C27H21ClF2N4O2S. The Bertz CT molecular complexity index is 1510. The van der Waals surface area contributed by atoms with Gasteiger partial charge in [0.25, 0.3) is 5.91 Å². The van der Waals surface area contributed by atoms with Crippen LogP contribution in [0.4, 0.5) is 25.0 Å². The summed E-state index contributed by atoms with van der Waals surface area (Å²) in [5.41, 5.74) is 1.80. The summed E-state index contributed by atoms with van der Waals surface area (Å²) in [7, 11) is 0. The molecule has 2 atom stereocenters. The van der Waals surface area contributed by atoms with Crippen molar-refractivity contribution >= 4 is 62.4 Å². The van der Waals surface area contributed by atoms with Crippen LogP contribution in [0.2, 0.25) is 5.02 Å². The molecule has 1 aliphatic carbocycles. The second-order valence-corrected chi connectivity index (χ2v) is 11.9. The van der Waals surface area contributed by atoms with Crippen LogP contribution in [0.3, 0.4) is 0 Å². The minimum Gasteiger partial charge on any atom is -0.370 e. The molecule has 2 aromatic carbocycles. The summed E-state index contributed by atoms with van der Waals surface area (Å²) in [4.78, 5) is 35.2. The molecule has 3 aliphatic heterocycles. The summed E-state index contributed by atoms with van der Waals surface area (Å²) < 4.78 is 26.9. The molecule has 2 unspecified atom stereocenters. The maximum atomic E-state index is 13.7. The van der Waals surface area contributed by atoms with Gasteiger partial charge < -0.3 is 10.2 Å². The highest BCUT2D eigenvalue weighted by atomic mass is 35.5. The summed E-state index contributed by atoms with van der Waals surface area (Å²) in [6, 6.07) is 12.2. The molecule has 7 rings (SSSR count). The second kappa shape index (κ2) is 7.91. The van der Waals surface area contributed by atoms with Gasteiger partial charge in [-0.1, -0.05) is 35.9 Å². The first-order valence-corrected chi connectivity index (χ1v) is 13.3. The predicted molar refractivity (Wildman–Crippen MR) is 141 cm³/mol. The molecule has 3 aromatic rings. The monoisotopic (exact) mass is 538 g/mol. The SMILES string of the molecule is O=C1NC2C=C(c3ccccc3Cl)SC2C(=O)N1c1cncc2ccc(N3CC4(C3)CC(F)(F)C4)cc12. The van der Waals surface area contributed by atoms with Crippen molar-refractivity contribution < 1.29 is 18.4 Å². The fourth-order valence-electron chi connectivity index (χ4n) is 6.02. The van der Waals surface area contributed by atoms with Gasteiger partial charge in [-0.15, -0.1) is 11.8 Å². The van der Waals surface area contributed by atoms with E-state index in [0.717, 1.165) is 21.5 Å². The molecule has 10 heteroatoms. The van der Waals surface area contributed by atoms with Crippen molar-refractivity contribution in [2.45, 2.75) is 30.1 Å². The average molecular weight is 539 g/mol. The Labute approximate surface area is 220 Å². The fraction of sp³-hybridized carbons (Fsp3) is 0.296. The van der Waals surface area contributed by atoms with Crippen molar-refractivity contribution in [3.63, 3.8) is 0 Å². The number of fused-ring (bicyclic) bond motifs is 2. The van der Waals surface area contributed by atoms with Gasteiger partial charge in [-0.2, -0.15) is 0 Å². The first-order valence-electron chi connectivity index (χ1n) is 12.0. The quantitative estimate of drug-likeness (QED) is 0.463. The largest absolute Gasteiger partial charge is 0.370 e. The van der Waals surface area contributed by atoms with E-state index in [2.05, 4.69) is 15.2 Å². The third-order valence-corrected chi connectivity index (χ3v) is 9.34. The number of hydrogen-bond acceptors (Lipinski definition) is 5. The molecule has 37 heavy (non-hydrogen) atoms. The van der Waals surface area contributed by atoms with Crippen LogP contribution in [0, 0.1) is 5.41 Å². The van der Waals surface area contributed by atoms with E-state index in [-0.39, 0.29) is 24.2 Å². The van der Waals surface area contributed by atoms with Gasteiger partial charge >= 0.3 is 6.03 Å². The average Bonchev–Trinajstić information content (AvgIpc) is 3.25. The van der Waals surface area contributed by atoms with Crippen LogP contribution in [-0.2, 0) is 4.79 Å². The molecule has 4 heterocycles. The van der Waals surface area contributed by atoms with Crippen LogP contribution in [0.15, 0.2) is 60.9 Å². The van der Waals surface area contributed by atoms with Gasteiger partial charge in [-0.05, 0) is 24.3 Å². The number of rotatable bonds is 3. The second-order valence-electron chi connectivity index (χ2n) is 10.3. The third kappa shape index (κ3) is 3.62. The number of hydrogen-bond donors (Lipinski definition) is 1. The van der Waals surface area contributed by atoms with Gasteiger partial charge in [0.05, 0.1) is 17.9 Å². The van der Waals surface area contributed by atoms with E-state index in [4.69, 9.17) is 11.6 Å². The zero-order valence-corrected chi connectivity index (χ0v) is 21.0. The maximum Gasteiger partial charge on any atom is 0.329 e. The Hall–Kier alpha value is -3.17. The number of nitrogens with zero attached hydrogens (tertiary/aromatic N) is 3. The van der Waals surface area contributed by atoms with Crippen molar-refractivity contribution in [2.75, 3.05) is 22.9 Å². The normalized spacial score (nSPS) is 25.4. The molecule has 6 nitrogen and oxygen atoms in total. The number of nitrogens with one attached hydrogen (secondary N) is 1. The Balaban J connectivity index is 1.18. The van der Waals surface area contributed by atoms with Gasteiger partial charge in [0.2, 0.25) is 5.92 Å². The number of carbonyl (C=O) groups excluding carboxylic acids is 2. The van der Waals surface area contributed by atoms with Gasteiger partial charge in [0.15, 0.2) is 0 Å². The molecule has 1 N–H and O–H groups in total. The molecule has 4 aliphatic rings. The van der Waals surface area contributed by atoms with E-state index in [1.54, 1.807) is 12.3 Å². The molecule has 188 valence electrons. The van der Waals surface area contributed by atoms with Crippen molar-refractivity contribution in [3.05, 3.63) is 71.5 Å². The molecule has 2 saturated heterocycles. The Morgan fingerprint density at radius 3 is 2.62 bits per heavy atom. The van der Waals surface area contributed by atoms with Crippen LogP contribution >= 0.6 is 23.4 Å². The van der Waals surface area contributed by atoms with Crippen LogP contribution in [0.1, 0.15) is 18.4 Å². The number of imide groups is 1. The summed E-state index contributed by atoms with van der Waals surface area (Å²) in [6.07, 6.45) is 4.96. The number of alkyl halides is 2. The molecule has 0 radical (unpaired) electrons. The van der Waals surface area contributed by atoms with E-state index in [1.807, 2.05) is 42.5 Å². The maximum absolute atomic E-state index is 13.7. The lowest BCUT2D eigenvalue weighted by molar-refractivity contribution is -0.170. The Morgan fingerprint density at radius 1 is 1.08 bits per heavy atom. The Morgan fingerprint density at radius 2 is 1.86 bits per heavy atom. The van der Waals surface area contributed by atoms with Crippen molar-refractivity contribution in [3.8, 4) is 0 Å². The summed E-state index contributed by atoms with van der Waals surface area (Å²) in [6.45, 7) is 1.16. The zero-order valence-electron chi connectivity index (χ0n) is 19.5. The van der Waals surface area contributed by atoms with Gasteiger partial charge in [-0.25, -0.2) is 18.5 Å². The van der Waals surface area contributed by atoms with Crippen LogP contribution < -0.4 is 15.1 Å². The number of pyridine rings is 1. The van der Waals surface area contributed by atoms with Crippen LogP contribution in [0.5, 0.6) is 0 Å². The van der Waals surface area contributed by atoms with Gasteiger partial charge in [-0.3, -0.25) is 9.78 Å². The topological polar surface area (TPSA) is 65.5 Å². The number of aromatic nitrogens is 1. The fourth-order valence-corrected chi connectivity index (χ4v) is 7.62. The number of halogens is 3.